The largest absolute Gasteiger partial charge is 0.495 e. The highest BCUT2D eigenvalue weighted by molar-refractivity contribution is 7.98. The Labute approximate surface area is 192 Å². The molecule has 0 aliphatic carbocycles. The van der Waals surface area contributed by atoms with E-state index >= 15 is 0 Å². The van der Waals surface area contributed by atoms with E-state index in [4.69, 9.17) is 9.47 Å². The van der Waals surface area contributed by atoms with Crippen LogP contribution in [0.25, 0.3) is 5.69 Å². The van der Waals surface area contributed by atoms with E-state index in [1.54, 1.807) is 18.9 Å². The minimum absolute atomic E-state index is 0.0542. The molecule has 2 aromatic carbocycles. The van der Waals surface area contributed by atoms with Crippen molar-refractivity contribution in [2.45, 2.75) is 30.7 Å². The fourth-order valence-electron chi connectivity index (χ4n) is 3.72. The second kappa shape index (κ2) is 10.2. The van der Waals surface area contributed by atoms with Gasteiger partial charge in [0.15, 0.2) is 5.16 Å². The number of thioether (sulfide) groups is 1. The van der Waals surface area contributed by atoms with Gasteiger partial charge in [-0.3, -0.25) is 9.36 Å². The van der Waals surface area contributed by atoms with Gasteiger partial charge in [-0.25, -0.2) is 0 Å². The molecule has 1 amide bonds. The number of amides is 1. The fraction of sp³-hybridized carbons (Fsp3) is 0.375. The van der Waals surface area contributed by atoms with Crippen molar-refractivity contribution in [2.24, 2.45) is 0 Å². The average molecular weight is 453 g/mol. The minimum atomic E-state index is 0.0542. The molecule has 4 rings (SSSR count). The Morgan fingerprint density at radius 3 is 2.56 bits per heavy atom. The van der Waals surface area contributed by atoms with Crippen molar-refractivity contribution < 1.29 is 14.3 Å². The molecule has 168 valence electrons. The third-order valence-corrected chi connectivity index (χ3v) is 6.38. The number of rotatable bonds is 7. The lowest BCUT2D eigenvalue weighted by molar-refractivity contribution is 0.0302. The van der Waals surface area contributed by atoms with Gasteiger partial charge in [-0.15, -0.1) is 10.2 Å². The maximum Gasteiger partial charge on any atom is 0.254 e. The van der Waals surface area contributed by atoms with E-state index in [9.17, 15) is 4.79 Å². The van der Waals surface area contributed by atoms with E-state index in [1.807, 2.05) is 53.4 Å². The molecule has 0 N–H and O–H groups in total. The van der Waals surface area contributed by atoms with Crippen LogP contribution in [-0.4, -0.2) is 59.0 Å². The Balaban J connectivity index is 1.62. The summed E-state index contributed by atoms with van der Waals surface area (Å²) in [5.41, 5.74) is 2.62. The van der Waals surface area contributed by atoms with Gasteiger partial charge in [-0.05, 0) is 23.8 Å². The van der Waals surface area contributed by atoms with Crippen LogP contribution in [0.4, 0.5) is 0 Å². The number of para-hydroxylation sites is 2. The first-order valence-electron chi connectivity index (χ1n) is 10.8. The maximum absolute atomic E-state index is 13.1. The van der Waals surface area contributed by atoms with Crippen molar-refractivity contribution in [2.75, 3.05) is 33.4 Å². The smallest absolute Gasteiger partial charge is 0.254 e. The van der Waals surface area contributed by atoms with Gasteiger partial charge in [0.25, 0.3) is 5.91 Å². The number of benzene rings is 2. The minimum Gasteiger partial charge on any atom is -0.495 e. The average Bonchev–Trinajstić information content (AvgIpc) is 3.27. The summed E-state index contributed by atoms with van der Waals surface area (Å²) < 4.78 is 13.0. The highest BCUT2D eigenvalue weighted by atomic mass is 32.2. The van der Waals surface area contributed by atoms with Gasteiger partial charge in [-0.2, -0.15) is 0 Å². The Bertz CT molecular complexity index is 1080. The number of nitrogens with zero attached hydrogens (tertiary/aromatic N) is 4. The molecule has 1 aliphatic heterocycles. The van der Waals surface area contributed by atoms with Gasteiger partial charge < -0.3 is 14.4 Å². The van der Waals surface area contributed by atoms with E-state index in [0.29, 0.717) is 32.1 Å². The monoisotopic (exact) mass is 452 g/mol. The van der Waals surface area contributed by atoms with Gasteiger partial charge >= 0.3 is 0 Å². The number of morpholine rings is 1. The number of methoxy groups -OCH3 is 1. The summed E-state index contributed by atoms with van der Waals surface area (Å²) in [6.45, 7) is 6.62. The molecule has 2 heterocycles. The number of hydrogen-bond acceptors (Lipinski definition) is 6. The van der Waals surface area contributed by atoms with Crippen molar-refractivity contribution >= 4 is 17.7 Å². The van der Waals surface area contributed by atoms with Crippen molar-refractivity contribution in [1.29, 1.82) is 0 Å². The van der Waals surface area contributed by atoms with Gasteiger partial charge in [-0.1, -0.05) is 55.9 Å². The molecule has 3 aromatic rings. The van der Waals surface area contributed by atoms with Crippen LogP contribution in [0.15, 0.2) is 53.7 Å². The van der Waals surface area contributed by atoms with Gasteiger partial charge in [0.2, 0.25) is 0 Å². The van der Waals surface area contributed by atoms with E-state index in [1.165, 1.54) is 0 Å². The summed E-state index contributed by atoms with van der Waals surface area (Å²) >= 11 is 1.57. The lowest BCUT2D eigenvalue weighted by Crippen LogP contribution is -2.41. The first-order chi connectivity index (χ1) is 15.6. The van der Waals surface area contributed by atoms with E-state index in [2.05, 4.69) is 28.6 Å². The van der Waals surface area contributed by atoms with E-state index < -0.39 is 0 Å². The topological polar surface area (TPSA) is 69.5 Å². The number of carbonyl (C=O) groups is 1. The number of ether oxygens (including phenoxy) is 2. The zero-order valence-electron chi connectivity index (χ0n) is 18.7. The molecule has 8 heteroatoms. The third-order valence-electron chi connectivity index (χ3n) is 5.40. The lowest BCUT2D eigenvalue weighted by atomic mass is 10.1. The highest BCUT2D eigenvalue weighted by Gasteiger charge is 2.23. The van der Waals surface area contributed by atoms with Crippen LogP contribution in [0, 0.1) is 0 Å². The Morgan fingerprint density at radius 2 is 1.81 bits per heavy atom. The van der Waals surface area contributed by atoms with Gasteiger partial charge in [0, 0.05) is 30.3 Å². The van der Waals surface area contributed by atoms with Crippen LogP contribution >= 0.6 is 11.8 Å². The Kier molecular flexibility index (Phi) is 7.12. The normalized spacial score (nSPS) is 14.1. The van der Waals surface area contributed by atoms with Crippen molar-refractivity contribution in [3.63, 3.8) is 0 Å². The SMILES string of the molecule is COc1ccccc1-n1c(SCc2ccccc2C(=O)N2CCOCC2)nnc1C(C)C. The molecule has 7 nitrogen and oxygen atoms in total. The van der Waals surface area contributed by atoms with Crippen LogP contribution in [-0.2, 0) is 10.5 Å². The second-order valence-corrected chi connectivity index (χ2v) is 8.80. The van der Waals surface area contributed by atoms with E-state index in [0.717, 1.165) is 33.5 Å². The summed E-state index contributed by atoms with van der Waals surface area (Å²) in [6.07, 6.45) is 0. The molecule has 0 atom stereocenters. The summed E-state index contributed by atoms with van der Waals surface area (Å²) in [4.78, 5) is 15.0. The standard InChI is InChI=1S/C24H28N4O3S/c1-17(2)22-25-26-24(28(22)20-10-6-7-11-21(20)30-3)32-16-18-8-4-5-9-19(18)23(29)27-12-14-31-15-13-27/h4-11,17H,12-16H2,1-3H3. The van der Waals surface area contributed by atoms with Gasteiger partial charge in [0.1, 0.15) is 11.6 Å². The molecule has 1 fully saturated rings. The zero-order valence-corrected chi connectivity index (χ0v) is 19.5. The molecule has 1 aliphatic rings. The van der Waals surface area contributed by atoms with Crippen molar-refractivity contribution in [3.05, 3.63) is 65.5 Å². The molecular formula is C24H28N4O3S. The number of carbonyl (C=O) groups excluding carboxylic acids is 1. The van der Waals surface area contributed by atoms with E-state index in [-0.39, 0.29) is 11.8 Å². The molecule has 32 heavy (non-hydrogen) atoms. The van der Waals surface area contributed by atoms with Crippen LogP contribution in [0.1, 0.15) is 41.5 Å². The predicted octanol–water partition coefficient (Wildman–Crippen LogP) is 4.16. The van der Waals surface area contributed by atoms with Gasteiger partial charge in [0.05, 0.1) is 26.0 Å². The first-order valence-corrected chi connectivity index (χ1v) is 11.7. The summed E-state index contributed by atoms with van der Waals surface area (Å²) in [7, 11) is 1.67. The second-order valence-electron chi connectivity index (χ2n) is 7.85. The van der Waals surface area contributed by atoms with Crippen LogP contribution in [0.5, 0.6) is 5.75 Å². The van der Waals surface area contributed by atoms with Crippen molar-refractivity contribution in [1.82, 2.24) is 19.7 Å². The maximum atomic E-state index is 13.1. The van der Waals surface area contributed by atoms with Crippen LogP contribution in [0.3, 0.4) is 0 Å². The summed E-state index contributed by atoms with van der Waals surface area (Å²) in [5.74, 6) is 2.49. The molecule has 0 unspecified atom stereocenters. The third kappa shape index (κ3) is 4.66. The first kappa shape index (κ1) is 22.4. The molecule has 1 saturated heterocycles. The van der Waals surface area contributed by atoms with Crippen LogP contribution < -0.4 is 4.74 Å². The Morgan fingerprint density at radius 1 is 1.09 bits per heavy atom. The molecular weight excluding hydrogens is 424 g/mol. The molecule has 0 saturated carbocycles. The molecule has 1 aromatic heterocycles. The molecule has 0 bridgehead atoms. The predicted molar refractivity (Wildman–Crippen MR) is 125 cm³/mol. The fourth-order valence-corrected chi connectivity index (χ4v) is 4.68. The highest BCUT2D eigenvalue weighted by Crippen LogP contribution is 2.32. The molecule has 0 spiro atoms. The number of hydrogen-bond donors (Lipinski definition) is 0. The summed E-state index contributed by atoms with van der Waals surface area (Å²) in [6, 6.07) is 15.7. The summed E-state index contributed by atoms with van der Waals surface area (Å²) in [5, 5.41) is 9.71. The number of aromatic nitrogens is 3. The Hall–Kier alpha value is -2.84. The molecule has 0 radical (unpaired) electrons. The quantitative estimate of drug-likeness (QED) is 0.501. The van der Waals surface area contributed by atoms with Crippen LogP contribution in [0.2, 0.25) is 0 Å². The zero-order chi connectivity index (χ0) is 22.5. The lowest BCUT2D eigenvalue weighted by Gasteiger charge is -2.27. The van der Waals surface area contributed by atoms with Crippen molar-refractivity contribution in [3.8, 4) is 11.4 Å².